The number of nitrogens with one attached hydrogen (secondary N) is 1. The first-order chi connectivity index (χ1) is 9.81. The standard InChI is InChI=1S/C15H19N3S2/c1-11-2-4-12(5-3-11)10-19-9-8-16-15-17-14(18-20-15)13-6-7-13/h2-5,13H,6-10H2,1H3,(H,16,17,18). The number of aromatic nitrogens is 2. The number of nitrogens with zero attached hydrogens (tertiary/aromatic N) is 2. The van der Waals surface area contributed by atoms with Crippen LogP contribution >= 0.6 is 23.3 Å². The van der Waals surface area contributed by atoms with Crippen LogP contribution in [0.4, 0.5) is 5.13 Å². The van der Waals surface area contributed by atoms with E-state index in [1.807, 2.05) is 11.8 Å². The molecule has 106 valence electrons. The average Bonchev–Trinajstić information content (AvgIpc) is 3.20. The van der Waals surface area contributed by atoms with Gasteiger partial charge in [-0.25, -0.2) is 4.98 Å². The summed E-state index contributed by atoms with van der Waals surface area (Å²) in [6, 6.07) is 8.77. The molecule has 0 atom stereocenters. The van der Waals surface area contributed by atoms with E-state index in [0.29, 0.717) is 5.92 Å². The molecule has 1 aromatic heterocycles. The van der Waals surface area contributed by atoms with Gasteiger partial charge < -0.3 is 5.32 Å². The third-order valence-electron chi connectivity index (χ3n) is 3.30. The summed E-state index contributed by atoms with van der Waals surface area (Å²) in [4.78, 5) is 4.52. The van der Waals surface area contributed by atoms with Crippen LogP contribution in [-0.4, -0.2) is 21.7 Å². The van der Waals surface area contributed by atoms with Gasteiger partial charge in [-0.2, -0.15) is 16.1 Å². The minimum absolute atomic E-state index is 0.651. The zero-order valence-electron chi connectivity index (χ0n) is 11.6. The maximum atomic E-state index is 4.52. The number of thioether (sulfide) groups is 1. The number of hydrogen-bond donors (Lipinski definition) is 1. The van der Waals surface area contributed by atoms with E-state index in [-0.39, 0.29) is 0 Å². The highest BCUT2D eigenvalue weighted by atomic mass is 32.2. The van der Waals surface area contributed by atoms with Crippen molar-refractivity contribution in [2.75, 3.05) is 17.6 Å². The SMILES string of the molecule is Cc1ccc(CSCCNc2nc(C3CC3)ns2)cc1. The molecule has 20 heavy (non-hydrogen) atoms. The highest BCUT2D eigenvalue weighted by Crippen LogP contribution is 2.39. The summed E-state index contributed by atoms with van der Waals surface area (Å²) in [7, 11) is 0. The van der Waals surface area contributed by atoms with Crippen molar-refractivity contribution in [3.8, 4) is 0 Å². The molecule has 1 saturated carbocycles. The number of aryl methyl sites for hydroxylation is 1. The molecule has 0 unspecified atom stereocenters. The highest BCUT2D eigenvalue weighted by Gasteiger charge is 2.27. The van der Waals surface area contributed by atoms with E-state index < -0.39 is 0 Å². The Morgan fingerprint density at radius 3 is 2.85 bits per heavy atom. The second-order valence-electron chi connectivity index (χ2n) is 5.20. The van der Waals surface area contributed by atoms with Gasteiger partial charge >= 0.3 is 0 Å². The van der Waals surface area contributed by atoms with Crippen molar-refractivity contribution < 1.29 is 0 Å². The fourth-order valence-electron chi connectivity index (χ4n) is 1.92. The van der Waals surface area contributed by atoms with Crippen LogP contribution < -0.4 is 5.32 Å². The van der Waals surface area contributed by atoms with E-state index in [1.165, 1.54) is 35.5 Å². The van der Waals surface area contributed by atoms with Crippen molar-refractivity contribution >= 4 is 28.4 Å². The van der Waals surface area contributed by atoms with E-state index in [9.17, 15) is 0 Å². The minimum atomic E-state index is 0.651. The van der Waals surface area contributed by atoms with Gasteiger partial charge in [0.05, 0.1) is 0 Å². The zero-order chi connectivity index (χ0) is 13.8. The van der Waals surface area contributed by atoms with E-state index >= 15 is 0 Å². The molecule has 1 aromatic carbocycles. The number of benzene rings is 1. The second-order valence-corrected chi connectivity index (χ2v) is 7.05. The topological polar surface area (TPSA) is 37.8 Å². The van der Waals surface area contributed by atoms with Crippen LogP contribution in [-0.2, 0) is 5.75 Å². The average molecular weight is 305 g/mol. The molecule has 0 bridgehead atoms. The van der Waals surface area contributed by atoms with Crippen molar-refractivity contribution in [1.82, 2.24) is 9.36 Å². The fraction of sp³-hybridized carbons (Fsp3) is 0.467. The predicted octanol–water partition coefficient (Wildman–Crippen LogP) is 4.07. The van der Waals surface area contributed by atoms with Crippen molar-refractivity contribution in [2.24, 2.45) is 0 Å². The zero-order valence-corrected chi connectivity index (χ0v) is 13.3. The van der Waals surface area contributed by atoms with Gasteiger partial charge in [0.1, 0.15) is 5.82 Å². The van der Waals surface area contributed by atoms with Gasteiger partial charge in [-0.1, -0.05) is 29.8 Å². The molecule has 3 nitrogen and oxygen atoms in total. The summed E-state index contributed by atoms with van der Waals surface area (Å²) >= 11 is 3.44. The molecule has 3 rings (SSSR count). The first kappa shape index (κ1) is 13.9. The molecular weight excluding hydrogens is 286 g/mol. The number of anilines is 1. The third-order valence-corrected chi connectivity index (χ3v) is 5.01. The van der Waals surface area contributed by atoms with E-state index in [0.717, 1.165) is 29.0 Å². The molecule has 5 heteroatoms. The second kappa shape index (κ2) is 6.59. The molecule has 2 aromatic rings. The summed E-state index contributed by atoms with van der Waals surface area (Å²) in [5.74, 6) is 3.86. The Balaban J connectivity index is 1.34. The fourth-order valence-corrected chi connectivity index (χ4v) is 3.41. The quantitative estimate of drug-likeness (QED) is 0.783. The van der Waals surface area contributed by atoms with Crippen molar-refractivity contribution in [2.45, 2.75) is 31.4 Å². The van der Waals surface area contributed by atoms with Gasteiger partial charge in [0, 0.05) is 35.5 Å². The molecule has 0 spiro atoms. The van der Waals surface area contributed by atoms with Gasteiger partial charge in [0.25, 0.3) is 0 Å². The lowest BCUT2D eigenvalue weighted by Crippen LogP contribution is -2.04. The van der Waals surface area contributed by atoms with Gasteiger partial charge in [-0.05, 0) is 25.3 Å². The molecule has 1 aliphatic rings. The third kappa shape index (κ3) is 3.96. The van der Waals surface area contributed by atoms with Crippen LogP contribution in [0.3, 0.4) is 0 Å². The minimum Gasteiger partial charge on any atom is -0.359 e. The Morgan fingerprint density at radius 1 is 1.30 bits per heavy atom. The Labute approximate surface area is 128 Å². The monoisotopic (exact) mass is 305 g/mol. The van der Waals surface area contributed by atoms with Crippen LogP contribution in [0.2, 0.25) is 0 Å². The van der Waals surface area contributed by atoms with Crippen LogP contribution in [0.15, 0.2) is 24.3 Å². The van der Waals surface area contributed by atoms with Crippen LogP contribution in [0, 0.1) is 6.92 Å². The maximum Gasteiger partial charge on any atom is 0.202 e. The summed E-state index contributed by atoms with van der Waals surface area (Å²) in [5.41, 5.74) is 2.72. The van der Waals surface area contributed by atoms with E-state index in [1.54, 1.807) is 0 Å². The van der Waals surface area contributed by atoms with Crippen LogP contribution in [0.5, 0.6) is 0 Å². The van der Waals surface area contributed by atoms with Crippen molar-refractivity contribution in [3.05, 3.63) is 41.2 Å². The molecule has 1 heterocycles. The van der Waals surface area contributed by atoms with Crippen LogP contribution in [0.25, 0.3) is 0 Å². The normalized spacial score (nSPS) is 14.4. The molecule has 0 saturated heterocycles. The predicted molar refractivity (Wildman–Crippen MR) is 87.7 cm³/mol. The van der Waals surface area contributed by atoms with Crippen LogP contribution in [0.1, 0.15) is 35.7 Å². The molecule has 1 N–H and O–H groups in total. The Bertz CT molecular complexity index is 547. The molecule has 1 fully saturated rings. The van der Waals surface area contributed by atoms with Crippen molar-refractivity contribution in [1.29, 1.82) is 0 Å². The molecule has 0 aliphatic heterocycles. The largest absolute Gasteiger partial charge is 0.359 e. The van der Waals surface area contributed by atoms with Gasteiger partial charge in [0.2, 0.25) is 5.13 Å². The molecular formula is C15H19N3S2. The smallest absolute Gasteiger partial charge is 0.202 e. The van der Waals surface area contributed by atoms with Gasteiger partial charge in [-0.15, -0.1) is 0 Å². The first-order valence-corrected chi connectivity index (χ1v) is 8.95. The molecule has 0 radical (unpaired) electrons. The van der Waals surface area contributed by atoms with E-state index in [2.05, 4.69) is 45.9 Å². The highest BCUT2D eigenvalue weighted by molar-refractivity contribution is 7.98. The van der Waals surface area contributed by atoms with Crippen molar-refractivity contribution in [3.63, 3.8) is 0 Å². The lowest BCUT2D eigenvalue weighted by atomic mass is 10.2. The summed E-state index contributed by atoms with van der Waals surface area (Å²) in [5, 5.41) is 4.34. The lowest BCUT2D eigenvalue weighted by Gasteiger charge is -2.03. The summed E-state index contributed by atoms with van der Waals surface area (Å²) < 4.78 is 4.39. The van der Waals surface area contributed by atoms with E-state index in [4.69, 9.17) is 0 Å². The summed E-state index contributed by atoms with van der Waals surface area (Å²) in [6.45, 7) is 3.08. The summed E-state index contributed by atoms with van der Waals surface area (Å²) in [6.07, 6.45) is 2.53. The van der Waals surface area contributed by atoms with Gasteiger partial charge in [-0.3, -0.25) is 0 Å². The Kier molecular flexibility index (Phi) is 4.58. The first-order valence-electron chi connectivity index (χ1n) is 7.02. The number of hydrogen-bond acceptors (Lipinski definition) is 5. The maximum absolute atomic E-state index is 4.52. The molecule has 1 aliphatic carbocycles. The van der Waals surface area contributed by atoms with Gasteiger partial charge in [0.15, 0.2) is 0 Å². The Morgan fingerprint density at radius 2 is 2.10 bits per heavy atom. The lowest BCUT2D eigenvalue weighted by molar-refractivity contribution is 0.983. The molecule has 0 amide bonds. The Hall–Kier alpha value is -1.07. The number of rotatable bonds is 7.